The van der Waals surface area contributed by atoms with Crippen LogP contribution in [0.15, 0.2) is 146 Å². The predicted octanol–water partition coefficient (Wildman–Crippen LogP) is 29.1. The summed E-state index contributed by atoms with van der Waals surface area (Å²) in [6.07, 6.45) is 13.4. The molecule has 99 heavy (non-hydrogen) atoms. The molecule has 0 aliphatic carbocycles. The van der Waals surface area contributed by atoms with Crippen molar-refractivity contribution in [3.8, 4) is 34.5 Å². The summed E-state index contributed by atoms with van der Waals surface area (Å²) in [5.41, 5.74) is 8.25. The first-order valence-electron chi connectivity index (χ1n) is 38.5. The van der Waals surface area contributed by atoms with Crippen LogP contribution in [0.3, 0.4) is 0 Å². The molecule has 0 saturated heterocycles. The van der Waals surface area contributed by atoms with Crippen LogP contribution in [0.2, 0.25) is 0 Å². The molecule has 0 aromatic heterocycles. The third kappa shape index (κ3) is 36.5. The van der Waals surface area contributed by atoms with Crippen LogP contribution in [0.4, 0.5) is 0 Å². The van der Waals surface area contributed by atoms with Gasteiger partial charge in [-0.3, -0.25) is 0 Å². The van der Waals surface area contributed by atoms with E-state index in [1.807, 2.05) is 24.3 Å². The quantitative estimate of drug-likeness (QED) is 0.0488. The first-order valence-corrected chi connectivity index (χ1v) is 38.5. The Morgan fingerprint density at radius 3 is 0.677 bits per heavy atom. The van der Waals surface area contributed by atoms with Crippen LogP contribution in [-0.2, 0) is 16.2 Å². The van der Waals surface area contributed by atoms with E-state index in [-0.39, 0.29) is 49.9 Å². The van der Waals surface area contributed by atoms with Crippen molar-refractivity contribution in [3.05, 3.63) is 179 Å². The Kier molecular flexibility index (Phi) is 38.6. The second-order valence-electron chi connectivity index (χ2n) is 34.0. The van der Waals surface area contributed by atoms with E-state index in [0.29, 0.717) is 17.8 Å². The summed E-state index contributed by atoms with van der Waals surface area (Å²) in [5, 5.41) is 0. The summed E-state index contributed by atoms with van der Waals surface area (Å²) in [7, 11) is 0. The van der Waals surface area contributed by atoms with Crippen molar-refractivity contribution < 1.29 is 28.4 Å². The number of benzene rings is 6. The van der Waals surface area contributed by atoms with Crippen LogP contribution in [0.5, 0.6) is 34.5 Å². The van der Waals surface area contributed by atoms with Crippen LogP contribution >= 0.6 is 0 Å². The van der Waals surface area contributed by atoms with Gasteiger partial charge in [0.15, 0.2) is 0 Å². The van der Waals surface area contributed by atoms with Crippen LogP contribution < -0.4 is 28.4 Å². The van der Waals surface area contributed by atoms with Crippen molar-refractivity contribution in [2.75, 3.05) is 0 Å². The Balaban J connectivity index is 0.000000594. The Morgan fingerprint density at radius 2 is 0.465 bits per heavy atom. The molecular weight excluding hydrogens is 1210 g/mol. The predicted molar refractivity (Wildman–Crippen MR) is 435 cm³/mol. The first-order chi connectivity index (χ1) is 45.7. The molecule has 0 bridgehead atoms. The molecule has 0 N–H and O–H groups in total. The van der Waals surface area contributed by atoms with Crippen molar-refractivity contribution in [2.45, 2.75) is 373 Å². The van der Waals surface area contributed by atoms with Crippen molar-refractivity contribution in [3.63, 3.8) is 0 Å². The summed E-state index contributed by atoms with van der Waals surface area (Å²) in [6, 6.07) is 50.9. The third-order valence-corrected chi connectivity index (χ3v) is 19.4. The lowest BCUT2D eigenvalue weighted by Crippen LogP contribution is -2.28. The maximum Gasteiger partial charge on any atom is 0.120 e. The summed E-state index contributed by atoms with van der Waals surface area (Å²) in [5.74, 6) is 7.72. The lowest BCUT2D eigenvalue weighted by atomic mass is 9.82. The van der Waals surface area contributed by atoms with Gasteiger partial charge in [-0.2, -0.15) is 0 Å². The smallest absolute Gasteiger partial charge is 0.120 e. The van der Waals surface area contributed by atoms with Gasteiger partial charge in [-0.05, 0) is 301 Å². The molecule has 6 aromatic rings. The normalized spacial score (nSPS) is 13.1. The molecule has 6 rings (SSSR count). The third-order valence-electron chi connectivity index (χ3n) is 19.4. The van der Waals surface area contributed by atoms with Crippen molar-refractivity contribution in [1.29, 1.82) is 0 Å². The second kappa shape index (κ2) is 41.9. The standard InChI is InChI=1S/C17H28O.2C16H26O.2C15H24O.C14H22O/c1-7-12-17(5,6)18-15-11-9-10-14(13-15)16(3,4)8-2;1-7-15(3,4)13-10-9-11-14(12-13)17-16(5,6)8-2;1-6-11-16(4,5)17-15-10-8-9-14(12-15)13(3)7-2;1-7-15(5,6)12-9-8-10-13(11-12)16-14(2,3)4;1-6-12(3)13-9-8-10-14(11-13)16-15(4,5)7-2;1-6-11(2)12-8-7-9-13(10-12)15-14(3,4)5/h9-11,13H,7-8,12H2,1-6H3;9-12H,7-8H2,1-6H3;8-10,12-13H,6-7,11H2,1-5H3;8-11H,7H2,1-6H3;8-12H,6-7H2,1-5H3;7-11H,6H2,1-5H3. The van der Waals surface area contributed by atoms with Gasteiger partial charge in [-0.1, -0.05) is 217 Å². The summed E-state index contributed by atoms with van der Waals surface area (Å²) >= 11 is 0. The molecule has 0 heterocycles. The van der Waals surface area contributed by atoms with Gasteiger partial charge >= 0.3 is 0 Å². The fourth-order valence-electron chi connectivity index (χ4n) is 10.3. The molecule has 3 atom stereocenters. The lowest BCUT2D eigenvalue weighted by Gasteiger charge is -2.28. The molecule has 0 fully saturated rings. The Bertz CT molecular complexity index is 3160. The molecule has 6 heteroatoms. The van der Waals surface area contributed by atoms with Crippen LogP contribution in [-0.4, -0.2) is 33.6 Å². The molecule has 0 amide bonds. The van der Waals surface area contributed by atoms with Crippen molar-refractivity contribution in [2.24, 2.45) is 0 Å². The summed E-state index contributed by atoms with van der Waals surface area (Å²) in [6.45, 7) is 72.0. The molecule has 0 aliphatic heterocycles. The molecular formula is C93H150O6. The van der Waals surface area contributed by atoms with Gasteiger partial charge in [0.1, 0.15) is 68.1 Å². The van der Waals surface area contributed by atoms with Gasteiger partial charge in [-0.15, -0.1) is 0 Å². The highest BCUT2D eigenvalue weighted by Gasteiger charge is 2.25. The number of ether oxygens (including phenoxy) is 6. The number of hydrogen-bond donors (Lipinski definition) is 0. The first kappa shape index (κ1) is 91.1. The maximum atomic E-state index is 6.12. The topological polar surface area (TPSA) is 55.4 Å². The van der Waals surface area contributed by atoms with E-state index >= 15 is 0 Å². The average molecular weight is 1360 g/mol. The van der Waals surface area contributed by atoms with Gasteiger partial charge in [0.25, 0.3) is 0 Å². The molecule has 6 nitrogen and oxygen atoms in total. The molecule has 0 saturated carbocycles. The minimum absolute atomic E-state index is 0.0666. The highest BCUT2D eigenvalue weighted by molar-refractivity contribution is 5.37. The fourth-order valence-corrected chi connectivity index (χ4v) is 10.3. The molecule has 0 spiro atoms. The van der Waals surface area contributed by atoms with Crippen LogP contribution in [0, 0.1) is 0 Å². The van der Waals surface area contributed by atoms with Gasteiger partial charge in [0.05, 0.1) is 0 Å². The number of hydrogen-bond acceptors (Lipinski definition) is 6. The van der Waals surface area contributed by atoms with E-state index in [1.54, 1.807) is 0 Å². The van der Waals surface area contributed by atoms with E-state index in [2.05, 4.69) is 350 Å². The zero-order valence-electron chi connectivity index (χ0n) is 70.0. The van der Waals surface area contributed by atoms with E-state index < -0.39 is 0 Å². The molecule has 0 aliphatic rings. The molecule has 558 valence electrons. The SMILES string of the molecule is CCC(C)(C)Oc1cccc(C(C)(C)CC)c1.CCC(C)(C)c1cccc(OC(C)(C)C)c1.CCC(C)c1cccc(OC(C)(C)C)c1.CCC(C)c1cccc(OC(C)(C)CC)c1.CCCC(C)(C)Oc1cccc(C(C)(C)CC)c1.CCCC(C)(C)Oc1cccc(C(C)CC)c1. The van der Waals surface area contributed by atoms with Gasteiger partial charge in [0.2, 0.25) is 0 Å². The largest absolute Gasteiger partial charge is 0.488 e. The van der Waals surface area contributed by atoms with Gasteiger partial charge in [0, 0.05) is 0 Å². The van der Waals surface area contributed by atoms with Gasteiger partial charge < -0.3 is 28.4 Å². The van der Waals surface area contributed by atoms with E-state index in [9.17, 15) is 0 Å². The fraction of sp³-hybridized carbons (Fsp3) is 0.613. The molecule has 0 radical (unpaired) electrons. The average Bonchev–Trinajstić information content (AvgIpc) is 0.852. The van der Waals surface area contributed by atoms with Crippen LogP contribution in [0.25, 0.3) is 0 Å². The Hall–Kier alpha value is -5.88. The maximum absolute atomic E-state index is 6.12. The molecule has 6 aromatic carbocycles. The van der Waals surface area contributed by atoms with Gasteiger partial charge in [-0.25, -0.2) is 0 Å². The zero-order chi connectivity index (χ0) is 75.9. The minimum Gasteiger partial charge on any atom is -0.488 e. The second-order valence-corrected chi connectivity index (χ2v) is 34.0. The monoisotopic (exact) mass is 1360 g/mol. The van der Waals surface area contributed by atoms with Crippen molar-refractivity contribution in [1.82, 2.24) is 0 Å². The van der Waals surface area contributed by atoms with Crippen molar-refractivity contribution >= 4 is 0 Å². The van der Waals surface area contributed by atoms with E-state index in [1.165, 1.54) is 52.6 Å². The Morgan fingerprint density at radius 1 is 0.253 bits per heavy atom. The highest BCUT2D eigenvalue weighted by atomic mass is 16.5. The van der Waals surface area contributed by atoms with E-state index in [0.717, 1.165) is 92.3 Å². The highest BCUT2D eigenvalue weighted by Crippen LogP contribution is 2.35. The lowest BCUT2D eigenvalue weighted by molar-refractivity contribution is 0.0979. The summed E-state index contributed by atoms with van der Waals surface area (Å²) < 4.78 is 35.9. The summed E-state index contributed by atoms with van der Waals surface area (Å²) in [4.78, 5) is 0. The van der Waals surface area contributed by atoms with Crippen LogP contribution in [0.1, 0.15) is 357 Å². The molecule has 3 unspecified atom stereocenters. The number of rotatable bonds is 28. The van der Waals surface area contributed by atoms with E-state index in [4.69, 9.17) is 28.4 Å². The Labute approximate surface area is 611 Å². The zero-order valence-corrected chi connectivity index (χ0v) is 70.0. The minimum atomic E-state index is -0.130.